The van der Waals surface area contributed by atoms with E-state index in [2.05, 4.69) is 5.32 Å². The SMILES string of the molecule is COc1cc(C#N)ccc1OC(=O)c1ccc(CNC(=O)c2cccs2)cc1. The standard InChI is InChI=1S/C21H16N2O4S/c1-26-18-11-15(12-22)6-9-17(18)27-21(25)16-7-4-14(5-8-16)13-23-20(24)19-3-2-10-28-19/h2-11H,13H2,1H3,(H,23,24). The number of carbonyl (C=O) groups is 2. The lowest BCUT2D eigenvalue weighted by Gasteiger charge is -2.10. The summed E-state index contributed by atoms with van der Waals surface area (Å²) in [5.41, 5.74) is 1.63. The summed E-state index contributed by atoms with van der Waals surface area (Å²) in [7, 11) is 1.44. The van der Waals surface area contributed by atoms with E-state index in [1.807, 2.05) is 17.5 Å². The Morgan fingerprint density at radius 2 is 1.89 bits per heavy atom. The molecule has 3 aromatic rings. The number of nitrogens with zero attached hydrogens (tertiary/aromatic N) is 1. The van der Waals surface area contributed by atoms with Crippen LogP contribution in [0, 0.1) is 11.3 Å². The van der Waals surface area contributed by atoms with Crippen LogP contribution in [0.25, 0.3) is 0 Å². The number of hydrogen-bond acceptors (Lipinski definition) is 6. The fraction of sp³-hybridized carbons (Fsp3) is 0.0952. The van der Waals surface area contributed by atoms with E-state index in [1.165, 1.54) is 30.6 Å². The summed E-state index contributed by atoms with van der Waals surface area (Å²) < 4.78 is 10.5. The normalized spacial score (nSPS) is 10.0. The Morgan fingerprint density at radius 3 is 2.54 bits per heavy atom. The van der Waals surface area contributed by atoms with Gasteiger partial charge in [-0.15, -0.1) is 11.3 Å². The Morgan fingerprint density at radius 1 is 1.11 bits per heavy atom. The molecule has 0 spiro atoms. The maximum Gasteiger partial charge on any atom is 0.343 e. The third kappa shape index (κ3) is 4.55. The van der Waals surface area contributed by atoms with Crippen LogP contribution in [0.2, 0.25) is 0 Å². The summed E-state index contributed by atoms with van der Waals surface area (Å²) in [5, 5.41) is 13.6. The van der Waals surface area contributed by atoms with Crippen LogP contribution in [0.15, 0.2) is 60.0 Å². The maximum absolute atomic E-state index is 12.4. The lowest BCUT2D eigenvalue weighted by molar-refractivity contribution is 0.0729. The van der Waals surface area contributed by atoms with Crippen LogP contribution in [0.5, 0.6) is 11.5 Å². The first kappa shape index (κ1) is 19.1. The molecule has 2 aromatic carbocycles. The zero-order valence-electron chi connectivity index (χ0n) is 15.0. The molecule has 0 saturated heterocycles. The Hall–Kier alpha value is -3.63. The lowest BCUT2D eigenvalue weighted by Crippen LogP contribution is -2.21. The van der Waals surface area contributed by atoms with Gasteiger partial charge in [0.25, 0.3) is 5.91 Å². The van der Waals surface area contributed by atoms with Crippen LogP contribution in [-0.4, -0.2) is 19.0 Å². The predicted molar refractivity (Wildman–Crippen MR) is 105 cm³/mol. The highest BCUT2D eigenvalue weighted by Gasteiger charge is 2.13. The first-order chi connectivity index (χ1) is 13.6. The quantitative estimate of drug-likeness (QED) is 0.509. The van der Waals surface area contributed by atoms with E-state index in [-0.39, 0.29) is 11.7 Å². The van der Waals surface area contributed by atoms with Gasteiger partial charge in [-0.1, -0.05) is 18.2 Å². The molecular formula is C21H16N2O4S. The molecule has 1 N–H and O–H groups in total. The molecule has 6 nitrogen and oxygen atoms in total. The monoisotopic (exact) mass is 392 g/mol. The van der Waals surface area contributed by atoms with Crippen LogP contribution in [0.3, 0.4) is 0 Å². The first-order valence-electron chi connectivity index (χ1n) is 8.31. The van der Waals surface area contributed by atoms with E-state index in [1.54, 1.807) is 36.4 Å². The number of carbonyl (C=O) groups excluding carboxylic acids is 2. The summed E-state index contributed by atoms with van der Waals surface area (Å²) in [6.45, 7) is 0.357. The molecule has 0 unspecified atom stereocenters. The zero-order chi connectivity index (χ0) is 19.9. The Balaban J connectivity index is 1.62. The third-order valence-electron chi connectivity index (χ3n) is 3.88. The summed E-state index contributed by atoms with van der Waals surface area (Å²) in [6, 6.07) is 16.9. The van der Waals surface area contributed by atoms with E-state index >= 15 is 0 Å². The average molecular weight is 392 g/mol. The molecule has 0 fully saturated rings. The third-order valence-corrected chi connectivity index (χ3v) is 4.75. The molecule has 0 aliphatic heterocycles. The molecule has 0 saturated carbocycles. The highest BCUT2D eigenvalue weighted by molar-refractivity contribution is 7.12. The molecule has 1 aromatic heterocycles. The van der Waals surface area contributed by atoms with Crippen molar-refractivity contribution >= 4 is 23.2 Å². The number of benzene rings is 2. The highest BCUT2D eigenvalue weighted by Crippen LogP contribution is 2.28. The molecule has 0 bridgehead atoms. The number of rotatable bonds is 6. The van der Waals surface area contributed by atoms with Gasteiger partial charge in [-0.3, -0.25) is 4.79 Å². The number of methoxy groups -OCH3 is 1. The van der Waals surface area contributed by atoms with Crippen LogP contribution in [0.4, 0.5) is 0 Å². The minimum Gasteiger partial charge on any atom is -0.493 e. The van der Waals surface area contributed by atoms with Crippen molar-refractivity contribution in [2.24, 2.45) is 0 Å². The highest BCUT2D eigenvalue weighted by atomic mass is 32.1. The van der Waals surface area contributed by atoms with Crippen molar-refractivity contribution in [2.45, 2.75) is 6.54 Å². The van der Waals surface area contributed by atoms with Gasteiger partial charge in [0.15, 0.2) is 11.5 Å². The maximum atomic E-state index is 12.4. The van der Waals surface area contributed by atoms with Gasteiger partial charge >= 0.3 is 5.97 Å². The van der Waals surface area contributed by atoms with Gasteiger partial charge in [0.1, 0.15) is 0 Å². The van der Waals surface area contributed by atoms with Crippen molar-refractivity contribution in [1.29, 1.82) is 5.26 Å². The van der Waals surface area contributed by atoms with Gasteiger partial charge < -0.3 is 14.8 Å². The number of ether oxygens (including phenoxy) is 2. The second-order valence-electron chi connectivity index (χ2n) is 5.72. The number of hydrogen-bond donors (Lipinski definition) is 1. The Bertz CT molecular complexity index is 1020. The fourth-order valence-electron chi connectivity index (χ4n) is 2.42. The van der Waals surface area contributed by atoms with Crippen LogP contribution in [-0.2, 0) is 6.54 Å². The molecule has 0 radical (unpaired) electrons. The second kappa shape index (κ2) is 8.84. The Kier molecular flexibility index (Phi) is 6.04. The van der Waals surface area contributed by atoms with Gasteiger partial charge in [0.2, 0.25) is 0 Å². The smallest absolute Gasteiger partial charge is 0.343 e. The van der Waals surface area contributed by atoms with E-state index < -0.39 is 5.97 Å². The molecule has 0 aliphatic rings. The van der Waals surface area contributed by atoms with Crippen LogP contribution < -0.4 is 14.8 Å². The minimum atomic E-state index is -0.544. The Labute approximate surface area is 166 Å². The second-order valence-corrected chi connectivity index (χ2v) is 6.67. The summed E-state index contributed by atoms with van der Waals surface area (Å²) >= 11 is 1.38. The first-order valence-corrected chi connectivity index (χ1v) is 9.19. The number of amides is 1. The summed E-state index contributed by atoms with van der Waals surface area (Å²) in [4.78, 5) is 25.0. The van der Waals surface area contributed by atoms with E-state index in [0.717, 1.165) is 5.56 Å². The summed E-state index contributed by atoms with van der Waals surface area (Å²) in [6.07, 6.45) is 0. The lowest BCUT2D eigenvalue weighted by atomic mass is 10.1. The number of nitriles is 1. The average Bonchev–Trinajstić information content (AvgIpc) is 3.27. The van der Waals surface area contributed by atoms with Crippen LogP contribution >= 0.6 is 11.3 Å². The van der Waals surface area contributed by atoms with Gasteiger partial charge in [-0.25, -0.2) is 4.79 Å². The van der Waals surface area contributed by atoms with Gasteiger partial charge in [0, 0.05) is 12.6 Å². The van der Waals surface area contributed by atoms with Gasteiger partial charge in [-0.2, -0.15) is 5.26 Å². The fourth-order valence-corrected chi connectivity index (χ4v) is 3.06. The molecule has 1 heterocycles. The number of esters is 1. The zero-order valence-corrected chi connectivity index (χ0v) is 15.8. The van der Waals surface area contributed by atoms with E-state index in [4.69, 9.17) is 14.7 Å². The predicted octanol–water partition coefficient (Wildman–Crippen LogP) is 3.78. The molecule has 1 amide bonds. The molecule has 3 rings (SSSR count). The molecule has 0 aliphatic carbocycles. The van der Waals surface area contributed by atoms with Crippen molar-refractivity contribution in [3.8, 4) is 17.6 Å². The van der Waals surface area contributed by atoms with Crippen molar-refractivity contribution in [3.05, 3.63) is 81.5 Å². The van der Waals surface area contributed by atoms with Gasteiger partial charge in [0.05, 0.1) is 29.2 Å². The van der Waals surface area contributed by atoms with Crippen molar-refractivity contribution in [2.75, 3.05) is 7.11 Å². The number of nitrogens with one attached hydrogen (secondary N) is 1. The van der Waals surface area contributed by atoms with Gasteiger partial charge in [-0.05, 0) is 41.3 Å². The van der Waals surface area contributed by atoms with Crippen molar-refractivity contribution < 1.29 is 19.1 Å². The minimum absolute atomic E-state index is 0.133. The molecule has 140 valence electrons. The molecular weight excluding hydrogens is 376 g/mol. The largest absolute Gasteiger partial charge is 0.493 e. The summed E-state index contributed by atoms with van der Waals surface area (Å²) in [5.74, 6) is -0.136. The number of thiophene rings is 1. The van der Waals surface area contributed by atoms with E-state index in [9.17, 15) is 9.59 Å². The van der Waals surface area contributed by atoms with E-state index in [0.29, 0.717) is 28.3 Å². The topological polar surface area (TPSA) is 88.4 Å². The molecule has 28 heavy (non-hydrogen) atoms. The van der Waals surface area contributed by atoms with Crippen molar-refractivity contribution in [1.82, 2.24) is 5.32 Å². The molecule has 0 atom stereocenters. The van der Waals surface area contributed by atoms with Crippen molar-refractivity contribution in [3.63, 3.8) is 0 Å². The molecule has 7 heteroatoms. The van der Waals surface area contributed by atoms with Crippen LogP contribution in [0.1, 0.15) is 31.2 Å².